The zero-order valence-electron chi connectivity index (χ0n) is 14.9. The van der Waals surface area contributed by atoms with E-state index in [4.69, 9.17) is 9.47 Å². The smallest absolute Gasteiger partial charge is 0.308 e. The van der Waals surface area contributed by atoms with Crippen LogP contribution in [0.1, 0.15) is 66.2 Å². The topological polar surface area (TPSA) is 35.5 Å². The number of methoxy groups -OCH3 is 1. The van der Waals surface area contributed by atoms with E-state index in [2.05, 4.69) is 27.7 Å². The van der Waals surface area contributed by atoms with Gasteiger partial charge < -0.3 is 9.47 Å². The van der Waals surface area contributed by atoms with E-state index >= 15 is 0 Å². The second-order valence-electron chi connectivity index (χ2n) is 7.71. The first-order chi connectivity index (χ1) is 10.5. The van der Waals surface area contributed by atoms with Gasteiger partial charge in [-0.3, -0.25) is 4.79 Å². The molecule has 0 N–H and O–H groups in total. The van der Waals surface area contributed by atoms with Gasteiger partial charge in [0.2, 0.25) is 0 Å². The van der Waals surface area contributed by atoms with E-state index in [1.807, 2.05) is 0 Å². The normalized spacial score (nSPS) is 48.9. The number of rotatable bonds is 6. The fourth-order valence-electron chi connectivity index (χ4n) is 6.85. The van der Waals surface area contributed by atoms with Crippen molar-refractivity contribution in [3.63, 3.8) is 0 Å². The van der Waals surface area contributed by atoms with Gasteiger partial charge in [-0.25, -0.2) is 0 Å². The summed E-state index contributed by atoms with van der Waals surface area (Å²) in [4.78, 5) is 11.9. The van der Waals surface area contributed by atoms with Gasteiger partial charge in [-0.05, 0) is 42.9 Å². The molecule has 3 rings (SSSR count). The summed E-state index contributed by atoms with van der Waals surface area (Å²) in [5, 5.41) is 0. The first-order valence-electron chi connectivity index (χ1n) is 9.29. The van der Waals surface area contributed by atoms with Crippen molar-refractivity contribution in [3.05, 3.63) is 0 Å². The standard InChI is InChI=1S/C19H32O3/c1-6-12-11-18(8-3)17-16(12)13(7-2)19(17,9-4)14(22-18)10-15(20)21-5/h12-14,16-17H,6-11H2,1-5H3/t12-,13-,14-,16?,17?,18-,19-/m1/s1. The number of esters is 1. The molecule has 1 heterocycles. The number of ether oxygens (including phenoxy) is 2. The first kappa shape index (κ1) is 16.3. The van der Waals surface area contributed by atoms with Crippen LogP contribution >= 0.6 is 0 Å². The van der Waals surface area contributed by atoms with E-state index < -0.39 is 0 Å². The predicted molar refractivity (Wildman–Crippen MR) is 86.4 cm³/mol. The maximum Gasteiger partial charge on any atom is 0.308 e. The van der Waals surface area contributed by atoms with Crippen LogP contribution in [0.2, 0.25) is 0 Å². The minimum Gasteiger partial charge on any atom is -0.469 e. The lowest BCUT2D eigenvalue weighted by molar-refractivity contribution is -0.158. The molecular formula is C19H32O3. The van der Waals surface area contributed by atoms with E-state index in [-0.39, 0.29) is 23.1 Å². The molecule has 0 radical (unpaired) electrons. The molecule has 0 aromatic carbocycles. The summed E-state index contributed by atoms with van der Waals surface area (Å²) in [7, 11) is 1.49. The van der Waals surface area contributed by atoms with Crippen molar-refractivity contribution in [1.29, 1.82) is 0 Å². The van der Waals surface area contributed by atoms with Gasteiger partial charge in [0.15, 0.2) is 0 Å². The van der Waals surface area contributed by atoms with Crippen LogP contribution in [0.15, 0.2) is 0 Å². The Morgan fingerprint density at radius 2 is 1.91 bits per heavy atom. The van der Waals surface area contributed by atoms with Crippen LogP contribution in [0, 0.1) is 29.1 Å². The Hall–Kier alpha value is -0.570. The van der Waals surface area contributed by atoms with E-state index in [9.17, 15) is 4.79 Å². The third-order valence-corrected chi connectivity index (χ3v) is 7.57. The fraction of sp³-hybridized carbons (Fsp3) is 0.947. The summed E-state index contributed by atoms with van der Waals surface area (Å²) < 4.78 is 11.7. The molecule has 2 saturated carbocycles. The molecule has 3 heteroatoms. The first-order valence-corrected chi connectivity index (χ1v) is 9.29. The number of hydrogen-bond acceptors (Lipinski definition) is 3. The second kappa shape index (κ2) is 5.51. The zero-order valence-corrected chi connectivity index (χ0v) is 14.9. The lowest BCUT2D eigenvalue weighted by Gasteiger charge is -2.60. The molecule has 0 amide bonds. The molecule has 0 spiro atoms. The summed E-state index contributed by atoms with van der Waals surface area (Å²) in [6.45, 7) is 9.23. The second-order valence-corrected chi connectivity index (χ2v) is 7.71. The SMILES string of the molecule is CC[C@@H]1C[C@@]2(CC)O[C@H](CC(=O)OC)[C@]3(CC)C2C1[C@H]3CC. The van der Waals surface area contributed by atoms with Crippen LogP contribution in [-0.4, -0.2) is 24.8 Å². The molecule has 3 aliphatic rings. The Morgan fingerprint density at radius 1 is 1.18 bits per heavy atom. The van der Waals surface area contributed by atoms with Crippen LogP contribution in [0.3, 0.4) is 0 Å². The highest BCUT2D eigenvalue weighted by molar-refractivity contribution is 5.70. The lowest BCUT2D eigenvalue weighted by Crippen LogP contribution is -2.60. The van der Waals surface area contributed by atoms with Gasteiger partial charge in [0, 0.05) is 5.41 Å². The van der Waals surface area contributed by atoms with Gasteiger partial charge >= 0.3 is 5.97 Å². The minimum absolute atomic E-state index is 0.0334. The summed E-state index contributed by atoms with van der Waals surface area (Å²) >= 11 is 0. The Bertz CT molecular complexity index is 448. The van der Waals surface area contributed by atoms with Gasteiger partial charge in [0.05, 0.1) is 25.2 Å². The molecule has 2 unspecified atom stereocenters. The molecule has 1 aliphatic heterocycles. The van der Waals surface area contributed by atoms with Crippen molar-refractivity contribution in [3.8, 4) is 0 Å². The van der Waals surface area contributed by atoms with Gasteiger partial charge in [0.1, 0.15) is 0 Å². The van der Waals surface area contributed by atoms with Crippen LogP contribution in [0.5, 0.6) is 0 Å². The molecule has 3 fully saturated rings. The molecule has 0 aromatic heterocycles. The molecule has 0 aromatic rings. The van der Waals surface area contributed by atoms with Crippen molar-refractivity contribution in [2.45, 2.75) is 77.9 Å². The number of carbonyl (C=O) groups excluding carboxylic acids is 1. The quantitative estimate of drug-likeness (QED) is 0.690. The molecule has 3 nitrogen and oxygen atoms in total. The van der Waals surface area contributed by atoms with E-state index in [0.717, 1.165) is 30.6 Å². The molecule has 0 bridgehead atoms. The maximum atomic E-state index is 11.9. The highest BCUT2D eigenvalue weighted by Gasteiger charge is 2.78. The Balaban J connectivity index is 1.98. The average Bonchev–Trinajstić information content (AvgIpc) is 2.90. The van der Waals surface area contributed by atoms with Crippen LogP contribution < -0.4 is 0 Å². The Morgan fingerprint density at radius 3 is 2.41 bits per heavy atom. The Labute approximate surface area is 135 Å². The third kappa shape index (κ3) is 1.75. The van der Waals surface area contributed by atoms with Crippen molar-refractivity contribution in [2.75, 3.05) is 7.11 Å². The van der Waals surface area contributed by atoms with Gasteiger partial charge in [-0.2, -0.15) is 0 Å². The van der Waals surface area contributed by atoms with Gasteiger partial charge in [-0.1, -0.05) is 40.5 Å². The molecule has 7 atom stereocenters. The van der Waals surface area contributed by atoms with Crippen LogP contribution in [0.25, 0.3) is 0 Å². The summed E-state index contributed by atoms with van der Waals surface area (Å²) in [6, 6.07) is 0. The summed E-state index contributed by atoms with van der Waals surface area (Å²) in [5.74, 6) is 2.90. The molecule has 22 heavy (non-hydrogen) atoms. The van der Waals surface area contributed by atoms with Crippen molar-refractivity contribution < 1.29 is 14.3 Å². The van der Waals surface area contributed by atoms with E-state index in [1.165, 1.54) is 26.4 Å². The van der Waals surface area contributed by atoms with Crippen LogP contribution in [-0.2, 0) is 14.3 Å². The number of hydrogen-bond donors (Lipinski definition) is 0. The minimum atomic E-state index is -0.116. The average molecular weight is 308 g/mol. The summed E-state index contributed by atoms with van der Waals surface area (Å²) in [5.41, 5.74) is 0.249. The predicted octanol–water partition coefficient (Wildman–Crippen LogP) is 4.20. The largest absolute Gasteiger partial charge is 0.469 e. The highest BCUT2D eigenvalue weighted by atomic mass is 16.5. The third-order valence-electron chi connectivity index (χ3n) is 7.57. The maximum absolute atomic E-state index is 11.9. The van der Waals surface area contributed by atoms with Gasteiger partial charge in [0.25, 0.3) is 0 Å². The highest BCUT2D eigenvalue weighted by Crippen LogP contribution is 2.78. The van der Waals surface area contributed by atoms with Crippen molar-refractivity contribution in [2.24, 2.45) is 29.1 Å². The van der Waals surface area contributed by atoms with Crippen molar-refractivity contribution in [1.82, 2.24) is 0 Å². The molecule has 2 aliphatic carbocycles. The molecule has 1 saturated heterocycles. The van der Waals surface area contributed by atoms with Crippen molar-refractivity contribution >= 4 is 5.97 Å². The molecule has 126 valence electrons. The van der Waals surface area contributed by atoms with Crippen LogP contribution in [0.4, 0.5) is 0 Å². The van der Waals surface area contributed by atoms with E-state index in [0.29, 0.717) is 12.3 Å². The zero-order chi connectivity index (χ0) is 16.1. The van der Waals surface area contributed by atoms with E-state index in [1.54, 1.807) is 0 Å². The summed E-state index contributed by atoms with van der Waals surface area (Å²) in [6.07, 6.45) is 6.39. The Kier molecular flexibility index (Phi) is 4.08. The monoisotopic (exact) mass is 308 g/mol. The lowest BCUT2D eigenvalue weighted by atomic mass is 9.42. The van der Waals surface area contributed by atoms with Gasteiger partial charge in [-0.15, -0.1) is 0 Å². The number of carbonyl (C=O) groups is 1. The fourth-order valence-corrected chi connectivity index (χ4v) is 6.85. The molecular weight excluding hydrogens is 276 g/mol.